The fourth-order valence-electron chi connectivity index (χ4n) is 1.41. The number of unbranched alkanes of at least 4 members (excludes halogenated alkanes) is 1. The van der Waals surface area contributed by atoms with Gasteiger partial charge >= 0.3 is 0 Å². The molecule has 1 rings (SSSR count). The largest absolute Gasteiger partial charge is 0.487 e. The summed E-state index contributed by atoms with van der Waals surface area (Å²) in [4.78, 5) is 8.10. The van der Waals surface area contributed by atoms with E-state index in [1.165, 1.54) is 0 Å². The number of rotatable bonds is 9. The highest BCUT2D eigenvalue weighted by atomic mass is 16.5. The number of ether oxygens (including phenoxy) is 1. The van der Waals surface area contributed by atoms with Gasteiger partial charge in [-0.3, -0.25) is 0 Å². The molecule has 1 aromatic heterocycles. The average Bonchev–Trinajstić information content (AvgIpc) is 2.37. The Kier molecular flexibility index (Phi) is 6.86. The van der Waals surface area contributed by atoms with Crippen molar-refractivity contribution in [2.24, 2.45) is 0 Å². The Morgan fingerprint density at radius 1 is 1.33 bits per heavy atom. The predicted octanol–water partition coefficient (Wildman–Crippen LogP) is 1.26. The highest BCUT2D eigenvalue weighted by Gasteiger charge is 2.06. The van der Waals surface area contributed by atoms with Gasteiger partial charge in [-0.25, -0.2) is 4.98 Å². The fourth-order valence-corrected chi connectivity index (χ4v) is 1.41. The van der Waals surface area contributed by atoms with Gasteiger partial charge in [-0.1, -0.05) is 20.3 Å². The molecule has 0 atom stereocenters. The first kappa shape index (κ1) is 14.5. The highest BCUT2D eigenvalue weighted by Crippen LogP contribution is 2.21. The van der Waals surface area contributed by atoms with E-state index in [1.807, 2.05) is 0 Å². The Hall–Kier alpha value is -1.56. The van der Waals surface area contributed by atoms with Gasteiger partial charge < -0.3 is 21.1 Å². The molecule has 6 nitrogen and oxygen atoms in total. The summed E-state index contributed by atoms with van der Waals surface area (Å²) >= 11 is 0. The number of anilines is 2. The molecule has 0 fully saturated rings. The number of nitrogens with zero attached hydrogens (tertiary/aromatic N) is 2. The second-order valence-corrected chi connectivity index (χ2v) is 3.92. The first-order valence-electron chi connectivity index (χ1n) is 6.47. The van der Waals surface area contributed by atoms with Crippen molar-refractivity contribution in [3.05, 3.63) is 6.20 Å². The second kappa shape index (κ2) is 8.52. The fraction of sp³-hybridized carbons (Fsp3) is 0.667. The van der Waals surface area contributed by atoms with Crippen LogP contribution >= 0.6 is 0 Å². The maximum absolute atomic E-state index is 5.62. The number of likely N-dealkylation sites (N-methyl/N-ethyl adjacent to an activating group) is 1. The van der Waals surface area contributed by atoms with Crippen LogP contribution in [-0.2, 0) is 0 Å². The molecule has 1 aromatic rings. The van der Waals surface area contributed by atoms with Crippen LogP contribution in [0.4, 0.5) is 11.8 Å². The van der Waals surface area contributed by atoms with Crippen LogP contribution in [0, 0.1) is 0 Å². The standard InChI is InChI=1S/C12H23N5O/c1-3-5-6-15-11-10(9-16-12(13)17-11)18-8-7-14-4-2/h9,14H,3-8H2,1-2H3,(H3,13,15,16,17). The van der Waals surface area contributed by atoms with Gasteiger partial charge in [-0.05, 0) is 13.0 Å². The molecule has 0 aliphatic heterocycles. The molecule has 0 saturated heterocycles. The number of hydrogen-bond acceptors (Lipinski definition) is 6. The molecule has 18 heavy (non-hydrogen) atoms. The number of aromatic nitrogens is 2. The number of hydrogen-bond donors (Lipinski definition) is 3. The van der Waals surface area contributed by atoms with Crippen molar-refractivity contribution >= 4 is 11.8 Å². The van der Waals surface area contributed by atoms with E-state index >= 15 is 0 Å². The smallest absolute Gasteiger partial charge is 0.222 e. The Balaban J connectivity index is 2.52. The van der Waals surface area contributed by atoms with Gasteiger partial charge in [0.25, 0.3) is 0 Å². The van der Waals surface area contributed by atoms with Gasteiger partial charge in [0, 0.05) is 13.1 Å². The third-order valence-corrected chi connectivity index (χ3v) is 2.38. The van der Waals surface area contributed by atoms with Gasteiger partial charge in [0.05, 0.1) is 6.20 Å². The van der Waals surface area contributed by atoms with E-state index in [9.17, 15) is 0 Å². The lowest BCUT2D eigenvalue weighted by Crippen LogP contribution is -2.21. The Morgan fingerprint density at radius 3 is 2.89 bits per heavy atom. The van der Waals surface area contributed by atoms with E-state index in [0.717, 1.165) is 32.5 Å². The van der Waals surface area contributed by atoms with Crippen molar-refractivity contribution in [2.75, 3.05) is 37.3 Å². The van der Waals surface area contributed by atoms with Crippen molar-refractivity contribution in [2.45, 2.75) is 26.7 Å². The van der Waals surface area contributed by atoms with Crippen LogP contribution in [0.5, 0.6) is 5.75 Å². The van der Waals surface area contributed by atoms with Gasteiger partial charge in [0.2, 0.25) is 5.95 Å². The highest BCUT2D eigenvalue weighted by molar-refractivity contribution is 5.51. The summed E-state index contributed by atoms with van der Waals surface area (Å²) in [5.41, 5.74) is 5.58. The molecular weight excluding hydrogens is 230 g/mol. The number of nitrogens with two attached hydrogens (primary N) is 1. The summed E-state index contributed by atoms with van der Waals surface area (Å²) in [5.74, 6) is 1.58. The minimum Gasteiger partial charge on any atom is -0.487 e. The van der Waals surface area contributed by atoms with Crippen molar-refractivity contribution in [3.8, 4) is 5.75 Å². The van der Waals surface area contributed by atoms with Crippen molar-refractivity contribution < 1.29 is 4.74 Å². The molecule has 1 heterocycles. The van der Waals surface area contributed by atoms with Crippen molar-refractivity contribution in [3.63, 3.8) is 0 Å². The van der Waals surface area contributed by atoms with Crippen LogP contribution in [0.15, 0.2) is 6.20 Å². The van der Waals surface area contributed by atoms with Gasteiger partial charge in [-0.15, -0.1) is 0 Å². The summed E-state index contributed by atoms with van der Waals surface area (Å²) in [6.45, 7) is 7.38. The quantitative estimate of drug-likeness (QED) is 0.574. The van der Waals surface area contributed by atoms with Gasteiger partial charge in [0.15, 0.2) is 11.6 Å². The number of nitrogen functional groups attached to an aromatic ring is 1. The normalized spacial score (nSPS) is 10.3. The van der Waals surface area contributed by atoms with Gasteiger partial charge in [0.1, 0.15) is 6.61 Å². The van der Waals surface area contributed by atoms with Crippen LogP contribution in [-0.4, -0.2) is 36.2 Å². The lowest BCUT2D eigenvalue weighted by molar-refractivity contribution is 0.314. The molecule has 0 amide bonds. The molecule has 0 aromatic carbocycles. The lowest BCUT2D eigenvalue weighted by Gasteiger charge is -2.12. The Bertz CT molecular complexity index is 345. The molecular formula is C12H23N5O. The summed E-state index contributed by atoms with van der Waals surface area (Å²) in [5, 5.41) is 6.41. The molecule has 0 bridgehead atoms. The summed E-state index contributed by atoms with van der Waals surface area (Å²) in [6.07, 6.45) is 3.83. The van der Waals surface area contributed by atoms with Crippen LogP contribution in [0.1, 0.15) is 26.7 Å². The minimum atomic E-state index is 0.257. The van der Waals surface area contributed by atoms with E-state index in [4.69, 9.17) is 10.5 Å². The van der Waals surface area contributed by atoms with Crippen LogP contribution < -0.4 is 21.1 Å². The number of nitrogens with one attached hydrogen (secondary N) is 2. The van der Waals surface area contributed by atoms with Gasteiger partial charge in [-0.2, -0.15) is 4.98 Å². The van der Waals surface area contributed by atoms with E-state index < -0.39 is 0 Å². The SMILES string of the molecule is CCCCNc1nc(N)ncc1OCCNCC. The lowest BCUT2D eigenvalue weighted by atomic mass is 10.3. The molecule has 0 unspecified atom stereocenters. The molecule has 0 spiro atoms. The molecule has 0 saturated carbocycles. The summed E-state index contributed by atoms with van der Waals surface area (Å²) in [7, 11) is 0. The maximum Gasteiger partial charge on any atom is 0.222 e. The third-order valence-electron chi connectivity index (χ3n) is 2.38. The molecule has 0 aliphatic carbocycles. The topological polar surface area (TPSA) is 85.1 Å². The van der Waals surface area contributed by atoms with Crippen molar-refractivity contribution in [1.82, 2.24) is 15.3 Å². The first-order valence-corrected chi connectivity index (χ1v) is 6.47. The summed E-state index contributed by atoms with van der Waals surface area (Å²) < 4.78 is 5.62. The zero-order valence-electron chi connectivity index (χ0n) is 11.2. The van der Waals surface area contributed by atoms with E-state index in [1.54, 1.807) is 6.20 Å². The van der Waals surface area contributed by atoms with E-state index in [-0.39, 0.29) is 5.95 Å². The molecule has 102 valence electrons. The predicted molar refractivity (Wildman–Crippen MR) is 73.9 cm³/mol. The molecule has 6 heteroatoms. The maximum atomic E-state index is 5.62. The van der Waals surface area contributed by atoms with E-state index in [2.05, 4.69) is 34.4 Å². The first-order chi connectivity index (χ1) is 8.77. The third kappa shape index (κ3) is 5.18. The van der Waals surface area contributed by atoms with Crippen LogP contribution in [0.2, 0.25) is 0 Å². The zero-order chi connectivity index (χ0) is 13.2. The van der Waals surface area contributed by atoms with E-state index in [0.29, 0.717) is 18.2 Å². The molecule has 0 aliphatic rings. The van der Waals surface area contributed by atoms with Crippen molar-refractivity contribution in [1.29, 1.82) is 0 Å². The molecule has 4 N–H and O–H groups in total. The average molecular weight is 253 g/mol. The Labute approximate surface area is 108 Å². The monoisotopic (exact) mass is 253 g/mol. The second-order valence-electron chi connectivity index (χ2n) is 3.92. The Morgan fingerprint density at radius 2 is 2.17 bits per heavy atom. The summed E-state index contributed by atoms with van der Waals surface area (Å²) in [6, 6.07) is 0. The molecule has 0 radical (unpaired) electrons. The minimum absolute atomic E-state index is 0.257. The van der Waals surface area contributed by atoms with Crippen LogP contribution in [0.25, 0.3) is 0 Å². The zero-order valence-corrected chi connectivity index (χ0v) is 11.2. The van der Waals surface area contributed by atoms with Crippen LogP contribution in [0.3, 0.4) is 0 Å².